The highest BCUT2D eigenvalue weighted by Crippen LogP contribution is 2.40. The van der Waals surface area contributed by atoms with Crippen molar-refractivity contribution in [1.82, 2.24) is 30.4 Å². The molecule has 8 rings (SSSR count). The number of para-hydroxylation sites is 1. The highest BCUT2D eigenvalue weighted by atomic mass is 16.5. The van der Waals surface area contributed by atoms with Crippen LogP contribution in [0.4, 0.5) is 0 Å². The fourth-order valence-corrected chi connectivity index (χ4v) is 5.59. The van der Waals surface area contributed by atoms with E-state index in [9.17, 15) is 0 Å². The van der Waals surface area contributed by atoms with E-state index in [0.717, 1.165) is 77.0 Å². The van der Waals surface area contributed by atoms with Gasteiger partial charge in [0.05, 0.1) is 30.5 Å². The molecule has 7 heteroatoms. The Kier molecular flexibility index (Phi) is 5.53. The van der Waals surface area contributed by atoms with Gasteiger partial charge >= 0.3 is 0 Å². The summed E-state index contributed by atoms with van der Waals surface area (Å²) in [6, 6.07) is 32.9. The van der Waals surface area contributed by atoms with Crippen molar-refractivity contribution in [2.75, 3.05) is 7.11 Å². The summed E-state index contributed by atoms with van der Waals surface area (Å²) in [5.41, 5.74) is 7.37. The summed E-state index contributed by atoms with van der Waals surface area (Å²) in [6.45, 7) is 0. The van der Waals surface area contributed by atoms with Crippen LogP contribution in [0.5, 0.6) is 5.88 Å². The third-order valence-corrected chi connectivity index (χ3v) is 7.67. The summed E-state index contributed by atoms with van der Waals surface area (Å²) in [5, 5.41) is 23.9. The fourth-order valence-electron chi connectivity index (χ4n) is 5.59. The average Bonchev–Trinajstić information content (AvgIpc) is 3.06. The van der Waals surface area contributed by atoms with E-state index in [4.69, 9.17) is 19.9 Å². The first kappa shape index (κ1) is 24.0. The van der Waals surface area contributed by atoms with Crippen molar-refractivity contribution in [1.29, 1.82) is 0 Å². The molecule has 0 aliphatic heterocycles. The van der Waals surface area contributed by atoms with Crippen molar-refractivity contribution in [3.63, 3.8) is 0 Å². The number of ether oxygens (including phenoxy) is 1. The fraction of sp³-hybridized carbons (Fsp3) is 0.0286. The first-order chi connectivity index (χ1) is 20.7. The van der Waals surface area contributed by atoms with Gasteiger partial charge in [0.25, 0.3) is 0 Å². The zero-order valence-corrected chi connectivity index (χ0v) is 22.6. The second-order valence-corrected chi connectivity index (χ2v) is 10.1. The van der Waals surface area contributed by atoms with Gasteiger partial charge in [-0.2, -0.15) is 10.2 Å². The second kappa shape index (κ2) is 9.67. The van der Waals surface area contributed by atoms with Crippen molar-refractivity contribution in [2.45, 2.75) is 0 Å². The van der Waals surface area contributed by atoms with Crippen molar-refractivity contribution < 1.29 is 4.74 Å². The quantitative estimate of drug-likeness (QED) is 0.225. The molecule has 0 bridgehead atoms. The van der Waals surface area contributed by atoms with Crippen LogP contribution in [0.1, 0.15) is 0 Å². The molecule has 0 spiro atoms. The Morgan fingerprint density at radius 1 is 0.548 bits per heavy atom. The molecule has 0 aliphatic carbocycles. The number of hydrogen-bond acceptors (Lipinski definition) is 7. The van der Waals surface area contributed by atoms with Crippen LogP contribution in [0.3, 0.4) is 0 Å². The van der Waals surface area contributed by atoms with Gasteiger partial charge in [-0.05, 0) is 42.0 Å². The van der Waals surface area contributed by atoms with E-state index in [-0.39, 0.29) is 0 Å². The van der Waals surface area contributed by atoms with Crippen LogP contribution in [-0.2, 0) is 0 Å². The monoisotopic (exact) mass is 542 g/mol. The van der Waals surface area contributed by atoms with E-state index in [2.05, 4.69) is 63.7 Å². The van der Waals surface area contributed by atoms with E-state index in [1.54, 1.807) is 19.5 Å². The summed E-state index contributed by atoms with van der Waals surface area (Å²) < 4.78 is 5.33. The van der Waals surface area contributed by atoms with Gasteiger partial charge in [0.15, 0.2) is 0 Å². The first-order valence-electron chi connectivity index (χ1n) is 13.6. The van der Waals surface area contributed by atoms with Crippen LogP contribution in [-0.4, -0.2) is 37.5 Å². The lowest BCUT2D eigenvalue weighted by Gasteiger charge is -2.15. The number of rotatable bonds is 4. The molecule has 0 unspecified atom stereocenters. The third kappa shape index (κ3) is 3.98. The summed E-state index contributed by atoms with van der Waals surface area (Å²) in [6.07, 6.45) is 5.47. The zero-order chi connectivity index (χ0) is 28.0. The van der Waals surface area contributed by atoms with Crippen molar-refractivity contribution in [3.05, 3.63) is 116 Å². The number of methoxy groups -OCH3 is 1. The molecule has 4 heterocycles. The molecule has 0 radical (unpaired) electrons. The molecule has 0 saturated heterocycles. The molecule has 0 saturated carbocycles. The van der Waals surface area contributed by atoms with Crippen molar-refractivity contribution in [2.24, 2.45) is 0 Å². The van der Waals surface area contributed by atoms with Gasteiger partial charge < -0.3 is 4.74 Å². The van der Waals surface area contributed by atoms with Crippen LogP contribution in [0.15, 0.2) is 116 Å². The van der Waals surface area contributed by atoms with E-state index in [1.807, 2.05) is 54.7 Å². The predicted octanol–water partition coefficient (Wildman–Crippen LogP) is 7.68. The van der Waals surface area contributed by atoms with Gasteiger partial charge in [-0.15, -0.1) is 10.2 Å². The molecule has 0 atom stereocenters. The van der Waals surface area contributed by atoms with Crippen LogP contribution in [0.2, 0.25) is 0 Å². The maximum atomic E-state index is 5.33. The molecule has 0 N–H and O–H groups in total. The minimum atomic E-state index is 0.581. The van der Waals surface area contributed by atoms with Crippen LogP contribution in [0.25, 0.3) is 77.0 Å². The Morgan fingerprint density at radius 2 is 1.29 bits per heavy atom. The van der Waals surface area contributed by atoms with Gasteiger partial charge in [-0.25, -0.2) is 4.98 Å². The standard InChI is InChI=1S/C35H22N6O/c1-42-32-14-12-22-15-24(11-13-31(22)39-32)35-33-28(27-16-21-5-2-3-8-30(21)36-18-27)6-4-7-29(33)34(40-41-35)23-9-10-25-19-37-38-20-26(25)17-23/h2-20H,1H3. The van der Waals surface area contributed by atoms with Gasteiger partial charge in [0.2, 0.25) is 5.88 Å². The molecule has 0 fully saturated rings. The molecule has 8 aromatic rings. The molecule has 7 nitrogen and oxygen atoms in total. The minimum Gasteiger partial charge on any atom is -0.481 e. The Bertz CT molecular complexity index is 2320. The molecule has 198 valence electrons. The van der Waals surface area contributed by atoms with Gasteiger partial charge in [0, 0.05) is 61.3 Å². The van der Waals surface area contributed by atoms with Crippen molar-refractivity contribution >= 4 is 43.4 Å². The maximum Gasteiger partial charge on any atom is 0.213 e. The summed E-state index contributed by atoms with van der Waals surface area (Å²) in [5.74, 6) is 0.581. The smallest absolute Gasteiger partial charge is 0.213 e. The normalized spacial score (nSPS) is 11.5. The molecule has 42 heavy (non-hydrogen) atoms. The molecule has 0 aliphatic rings. The van der Waals surface area contributed by atoms with Crippen LogP contribution in [0, 0.1) is 0 Å². The Balaban J connectivity index is 1.41. The van der Waals surface area contributed by atoms with Crippen molar-refractivity contribution in [3.8, 4) is 39.5 Å². The van der Waals surface area contributed by atoms with Gasteiger partial charge in [-0.1, -0.05) is 54.6 Å². The largest absolute Gasteiger partial charge is 0.481 e. The average molecular weight is 543 g/mol. The number of aromatic nitrogens is 6. The number of nitrogens with zero attached hydrogens (tertiary/aromatic N) is 6. The van der Waals surface area contributed by atoms with Gasteiger partial charge in [0.1, 0.15) is 11.4 Å². The minimum absolute atomic E-state index is 0.581. The number of pyridine rings is 2. The molecule has 0 amide bonds. The topological polar surface area (TPSA) is 86.6 Å². The number of benzene rings is 4. The van der Waals surface area contributed by atoms with Crippen LogP contribution >= 0.6 is 0 Å². The third-order valence-electron chi connectivity index (χ3n) is 7.67. The Labute approximate surface area is 240 Å². The molecular weight excluding hydrogens is 520 g/mol. The maximum absolute atomic E-state index is 5.33. The zero-order valence-electron chi connectivity index (χ0n) is 22.6. The second-order valence-electron chi connectivity index (χ2n) is 10.1. The summed E-state index contributed by atoms with van der Waals surface area (Å²) in [7, 11) is 1.62. The van der Waals surface area contributed by atoms with E-state index in [1.165, 1.54) is 0 Å². The first-order valence-corrected chi connectivity index (χ1v) is 13.6. The SMILES string of the molecule is COc1ccc2cc(-c3nnc(-c4ccc5cnncc5c4)c4cccc(-c5cnc6ccccc6c5)c34)ccc2n1. The van der Waals surface area contributed by atoms with Gasteiger partial charge in [-0.3, -0.25) is 4.98 Å². The lowest BCUT2D eigenvalue weighted by Crippen LogP contribution is -1.97. The molecule has 4 aromatic carbocycles. The number of fused-ring (bicyclic) bond motifs is 4. The lowest BCUT2D eigenvalue weighted by molar-refractivity contribution is 0.399. The molecular formula is C35H22N6O. The highest BCUT2D eigenvalue weighted by molar-refractivity contribution is 6.10. The van der Waals surface area contributed by atoms with E-state index >= 15 is 0 Å². The summed E-state index contributed by atoms with van der Waals surface area (Å²) in [4.78, 5) is 9.36. The highest BCUT2D eigenvalue weighted by Gasteiger charge is 2.18. The lowest BCUT2D eigenvalue weighted by atomic mass is 9.92. The summed E-state index contributed by atoms with van der Waals surface area (Å²) >= 11 is 0. The number of hydrogen-bond donors (Lipinski definition) is 0. The Morgan fingerprint density at radius 3 is 2.21 bits per heavy atom. The van der Waals surface area contributed by atoms with E-state index in [0.29, 0.717) is 5.88 Å². The molecule has 4 aromatic heterocycles. The van der Waals surface area contributed by atoms with Crippen LogP contribution < -0.4 is 4.74 Å². The van der Waals surface area contributed by atoms with E-state index < -0.39 is 0 Å². The predicted molar refractivity (Wildman–Crippen MR) is 166 cm³/mol. The Hall–Kier alpha value is -5.82.